The molecule has 0 aliphatic heterocycles. The van der Waals surface area contributed by atoms with Crippen LogP contribution in [0.15, 0.2) is 60.7 Å². The monoisotopic (exact) mass is 272 g/mol. The van der Waals surface area contributed by atoms with E-state index in [1.54, 1.807) is 13.8 Å². The van der Waals surface area contributed by atoms with Crippen LogP contribution in [0, 0.1) is 0 Å². The molecule has 3 nitrogen and oxygen atoms in total. The van der Waals surface area contributed by atoms with E-state index in [9.17, 15) is 4.79 Å². The molecule has 0 bridgehead atoms. The van der Waals surface area contributed by atoms with Gasteiger partial charge in [-0.2, -0.15) is 0 Å². The van der Waals surface area contributed by atoms with E-state index in [2.05, 4.69) is 4.74 Å². The summed E-state index contributed by atoms with van der Waals surface area (Å²) in [6.07, 6.45) is 0.480. The third kappa shape index (κ3) is 6.59. The van der Waals surface area contributed by atoms with Gasteiger partial charge in [0.15, 0.2) is 0 Å². The largest absolute Gasteiger partial charge is 0.466 e. The molecule has 0 radical (unpaired) electrons. The molecule has 0 atom stereocenters. The number of esters is 1. The van der Waals surface area contributed by atoms with Gasteiger partial charge in [-0.05, 0) is 31.2 Å². The lowest BCUT2D eigenvalue weighted by atomic mass is 10.3. The molecule has 106 valence electrons. The van der Waals surface area contributed by atoms with Crippen molar-refractivity contribution < 1.29 is 14.3 Å². The minimum atomic E-state index is -0.123. The van der Waals surface area contributed by atoms with E-state index >= 15 is 0 Å². The van der Waals surface area contributed by atoms with Gasteiger partial charge in [0.1, 0.15) is 11.5 Å². The van der Waals surface area contributed by atoms with Crippen LogP contribution in [-0.2, 0) is 9.53 Å². The van der Waals surface area contributed by atoms with Crippen molar-refractivity contribution in [2.75, 3.05) is 6.61 Å². The number of rotatable bonds is 4. The average molecular weight is 272 g/mol. The van der Waals surface area contributed by atoms with Crippen molar-refractivity contribution in [3.63, 3.8) is 0 Å². The maximum absolute atomic E-state index is 10.2. The summed E-state index contributed by atoms with van der Waals surface area (Å²) in [5, 5.41) is 0. The zero-order valence-electron chi connectivity index (χ0n) is 11.9. The van der Waals surface area contributed by atoms with Gasteiger partial charge >= 0.3 is 5.97 Å². The van der Waals surface area contributed by atoms with Gasteiger partial charge in [-0.15, -0.1) is 0 Å². The summed E-state index contributed by atoms with van der Waals surface area (Å²) in [4.78, 5) is 10.2. The van der Waals surface area contributed by atoms with Crippen molar-refractivity contribution in [2.24, 2.45) is 0 Å². The van der Waals surface area contributed by atoms with Crippen molar-refractivity contribution in [1.82, 2.24) is 0 Å². The molecule has 2 aromatic rings. The summed E-state index contributed by atoms with van der Waals surface area (Å²) in [7, 11) is 0. The zero-order chi connectivity index (χ0) is 14.6. The van der Waals surface area contributed by atoms with E-state index in [-0.39, 0.29) is 5.97 Å². The molecular weight excluding hydrogens is 252 g/mol. The molecule has 0 saturated heterocycles. The Hall–Kier alpha value is -2.29. The topological polar surface area (TPSA) is 35.5 Å². The van der Waals surface area contributed by atoms with Gasteiger partial charge in [0, 0.05) is 6.42 Å². The molecule has 2 aromatic carbocycles. The van der Waals surface area contributed by atoms with E-state index in [0.717, 1.165) is 11.5 Å². The Labute approximate surface area is 120 Å². The Bertz CT molecular complexity index is 443. The molecule has 0 saturated carbocycles. The Morgan fingerprint density at radius 3 is 1.60 bits per heavy atom. The van der Waals surface area contributed by atoms with Gasteiger partial charge < -0.3 is 9.47 Å². The number of carbonyl (C=O) groups is 1. The van der Waals surface area contributed by atoms with Crippen molar-refractivity contribution >= 4 is 5.97 Å². The first-order valence-electron chi connectivity index (χ1n) is 6.69. The Balaban J connectivity index is 0.000000246. The summed E-state index contributed by atoms with van der Waals surface area (Å²) >= 11 is 0. The van der Waals surface area contributed by atoms with E-state index in [4.69, 9.17) is 4.74 Å². The molecule has 0 amide bonds. The molecule has 0 aliphatic rings. The maximum atomic E-state index is 10.2. The van der Waals surface area contributed by atoms with Crippen molar-refractivity contribution in [3.8, 4) is 11.5 Å². The van der Waals surface area contributed by atoms with E-state index in [1.165, 1.54) is 0 Å². The molecule has 0 aliphatic carbocycles. The highest BCUT2D eigenvalue weighted by atomic mass is 16.5. The van der Waals surface area contributed by atoms with E-state index in [1.807, 2.05) is 60.7 Å². The van der Waals surface area contributed by atoms with Gasteiger partial charge in [-0.25, -0.2) is 0 Å². The second-order valence-electron chi connectivity index (χ2n) is 3.89. The molecule has 2 rings (SSSR count). The van der Waals surface area contributed by atoms with Crippen molar-refractivity contribution in [3.05, 3.63) is 60.7 Å². The SMILES string of the molecule is CCOC(=O)CC.c1ccc(Oc2ccccc2)cc1. The molecule has 0 heterocycles. The first kappa shape index (κ1) is 15.8. The molecular formula is C17H20O3. The van der Waals surface area contributed by atoms with Gasteiger partial charge in [0.05, 0.1) is 6.61 Å². The third-order valence-corrected chi connectivity index (χ3v) is 2.32. The smallest absolute Gasteiger partial charge is 0.305 e. The Kier molecular flexibility index (Phi) is 7.58. The van der Waals surface area contributed by atoms with Crippen LogP contribution >= 0.6 is 0 Å². The number of hydrogen-bond donors (Lipinski definition) is 0. The van der Waals surface area contributed by atoms with Gasteiger partial charge in [-0.3, -0.25) is 4.79 Å². The Morgan fingerprint density at radius 2 is 1.30 bits per heavy atom. The molecule has 0 fully saturated rings. The summed E-state index contributed by atoms with van der Waals surface area (Å²) in [5.41, 5.74) is 0. The molecule has 0 N–H and O–H groups in total. The molecule has 0 aromatic heterocycles. The van der Waals surface area contributed by atoms with E-state index < -0.39 is 0 Å². The highest BCUT2D eigenvalue weighted by molar-refractivity contribution is 5.68. The number of ether oxygens (including phenoxy) is 2. The number of hydrogen-bond acceptors (Lipinski definition) is 3. The van der Waals surface area contributed by atoms with Crippen LogP contribution in [-0.4, -0.2) is 12.6 Å². The molecule has 20 heavy (non-hydrogen) atoms. The summed E-state index contributed by atoms with van der Waals surface area (Å²) in [6.45, 7) is 4.07. The third-order valence-electron chi connectivity index (χ3n) is 2.32. The van der Waals surface area contributed by atoms with Crippen molar-refractivity contribution in [1.29, 1.82) is 0 Å². The summed E-state index contributed by atoms with van der Waals surface area (Å²) in [6, 6.07) is 19.5. The normalized spacial score (nSPS) is 9.10. The van der Waals surface area contributed by atoms with Crippen molar-refractivity contribution in [2.45, 2.75) is 20.3 Å². The van der Waals surface area contributed by atoms with Crippen LogP contribution < -0.4 is 4.74 Å². The highest BCUT2D eigenvalue weighted by Gasteiger charge is 1.92. The maximum Gasteiger partial charge on any atom is 0.305 e. The fourth-order valence-electron chi connectivity index (χ4n) is 1.38. The lowest BCUT2D eigenvalue weighted by molar-refractivity contribution is -0.142. The van der Waals surface area contributed by atoms with Crippen LogP contribution in [0.2, 0.25) is 0 Å². The lowest BCUT2D eigenvalue weighted by Crippen LogP contribution is -2.00. The fraction of sp³-hybridized carbons (Fsp3) is 0.235. The number of para-hydroxylation sites is 2. The summed E-state index contributed by atoms with van der Waals surface area (Å²) in [5.74, 6) is 1.62. The highest BCUT2D eigenvalue weighted by Crippen LogP contribution is 2.19. The summed E-state index contributed by atoms with van der Waals surface area (Å²) < 4.78 is 10.1. The van der Waals surface area contributed by atoms with Crippen LogP contribution in [0.3, 0.4) is 0 Å². The predicted octanol–water partition coefficient (Wildman–Crippen LogP) is 4.44. The minimum absolute atomic E-state index is 0.123. The first-order chi connectivity index (χ1) is 9.76. The molecule has 0 spiro atoms. The van der Waals surface area contributed by atoms with Crippen LogP contribution in [0.1, 0.15) is 20.3 Å². The second-order valence-corrected chi connectivity index (χ2v) is 3.89. The lowest BCUT2D eigenvalue weighted by Gasteiger charge is -2.03. The van der Waals surface area contributed by atoms with Crippen LogP contribution in [0.4, 0.5) is 0 Å². The van der Waals surface area contributed by atoms with Gasteiger partial charge in [0.2, 0.25) is 0 Å². The second kappa shape index (κ2) is 9.62. The van der Waals surface area contributed by atoms with Gasteiger partial charge in [-0.1, -0.05) is 43.3 Å². The minimum Gasteiger partial charge on any atom is -0.466 e. The standard InChI is InChI=1S/C12H10O.C5H10O2/c1-3-7-11(8-4-1)13-12-9-5-2-6-10-12;1-3-5(6)7-4-2/h1-10H;3-4H2,1-2H3. The van der Waals surface area contributed by atoms with Crippen LogP contribution in [0.25, 0.3) is 0 Å². The zero-order valence-corrected chi connectivity index (χ0v) is 11.9. The average Bonchev–Trinajstić information content (AvgIpc) is 2.50. The van der Waals surface area contributed by atoms with E-state index in [0.29, 0.717) is 13.0 Å². The Morgan fingerprint density at radius 1 is 0.850 bits per heavy atom. The molecule has 3 heteroatoms. The molecule has 0 unspecified atom stereocenters. The number of carbonyl (C=O) groups excluding carboxylic acids is 1. The fourth-order valence-corrected chi connectivity index (χ4v) is 1.38. The predicted molar refractivity (Wildman–Crippen MR) is 79.9 cm³/mol. The quantitative estimate of drug-likeness (QED) is 0.772. The van der Waals surface area contributed by atoms with Gasteiger partial charge in [0.25, 0.3) is 0 Å². The number of benzene rings is 2. The van der Waals surface area contributed by atoms with Crippen LogP contribution in [0.5, 0.6) is 11.5 Å². The first-order valence-corrected chi connectivity index (χ1v) is 6.69.